The van der Waals surface area contributed by atoms with Crippen molar-refractivity contribution in [2.24, 2.45) is 0 Å². The Morgan fingerprint density at radius 1 is 1.06 bits per heavy atom. The largest absolute Gasteiger partial charge is 0.497 e. The lowest BCUT2D eigenvalue weighted by atomic mass is 9.92. The summed E-state index contributed by atoms with van der Waals surface area (Å²) in [5, 5.41) is 8.21. The molecule has 1 aromatic heterocycles. The normalized spacial score (nSPS) is 14.3. The summed E-state index contributed by atoms with van der Waals surface area (Å²) in [7, 11) is 1.55. The molecule has 1 aliphatic heterocycles. The molecule has 35 heavy (non-hydrogen) atoms. The van der Waals surface area contributed by atoms with Crippen molar-refractivity contribution in [2.75, 3.05) is 29.7 Å². The fourth-order valence-electron chi connectivity index (χ4n) is 3.60. The predicted octanol–water partition coefficient (Wildman–Crippen LogP) is 2.76. The predicted molar refractivity (Wildman–Crippen MR) is 128 cm³/mol. The van der Waals surface area contributed by atoms with Crippen molar-refractivity contribution in [3.05, 3.63) is 70.0 Å². The topological polar surface area (TPSA) is 152 Å². The fourth-order valence-corrected chi connectivity index (χ4v) is 3.60. The van der Waals surface area contributed by atoms with Gasteiger partial charge >= 0.3 is 5.97 Å². The van der Waals surface area contributed by atoms with E-state index in [0.29, 0.717) is 22.7 Å². The van der Waals surface area contributed by atoms with Crippen LogP contribution in [0.25, 0.3) is 0 Å². The average molecular weight is 477 g/mol. The van der Waals surface area contributed by atoms with E-state index in [0.717, 1.165) is 0 Å². The first-order valence-electron chi connectivity index (χ1n) is 10.8. The van der Waals surface area contributed by atoms with Gasteiger partial charge in [-0.1, -0.05) is 0 Å². The number of rotatable bonds is 7. The Morgan fingerprint density at radius 2 is 1.74 bits per heavy atom. The van der Waals surface area contributed by atoms with Gasteiger partial charge in [-0.25, -0.2) is 4.79 Å². The van der Waals surface area contributed by atoms with Gasteiger partial charge in [-0.2, -0.15) is 4.98 Å². The van der Waals surface area contributed by atoms with Gasteiger partial charge < -0.3 is 25.4 Å². The van der Waals surface area contributed by atoms with E-state index >= 15 is 0 Å². The third-order valence-electron chi connectivity index (χ3n) is 5.28. The quantitative estimate of drug-likeness (QED) is 0.379. The van der Waals surface area contributed by atoms with Crippen LogP contribution in [0.1, 0.15) is 35.2 Å². The van der Waals surface area contributed by atoms with Crippen LogP contribution in [-0.4, -0.2) is 41.5 Å². The summed E-state index contributed by atoms with van der Waals surface area (Å²) in [6, 6.07) is 13.1. The summed E-state index contributed by atoms with van der Waals surface area (Å²) >= 11 is 0. The maximum Gasteiger partial charge on any atom is 0.338 e. The Hall–Kier alpha value is -4.67. The third-order valence-corrected chi connectivity index (χ3v) is 5.28. The number of carbonyl (C=O) groups is 3. The molecular formula is C24H23N5O6. The van der Waals surface area contributed by atoms with E-state index in [1.807, 2.05) is 0 Å². The highest BCUT2D eigenvalue weighted by Gasteiger charge is 2.34. The number of fused-ring (bicyclic) bond motifs is 1. The molecule has 2 heterocycles. The van der Waals surface area contributed by atoms with Crippen molar-refractivity contribution in [1.29, 1.82) is 0 Å². The second kappa shape index (κ2) is 10.1. The number of H-pyrrole nitrogens is 1. The number of ether oxygens (including phenoxy) is 2. The zero-order chi connectivity index (χ0) is 24.9. The van der Waals surface area contributed by atoms with Gasteiger partial charge in [-0.05, 0) is 55.5 Å². The Bertz CT molecular complexity index is 1320. The Labute approximate surface area is 199 Å². The van der Waals surface area contributed by atoms with E-state index in [1.54, 1.807) is 38.3 Å². The lowest BCUT2D eigenvalue weighted by Crippen LogP contribution is -2.36. The van der Waals surface area contributed by atoms with Crippen LogP contribution in [0.15, 0.2) is 53.3 Å². The van der Waals surface area contributed by atoms with Gasteiger partial charge in [0.1, 0.15) is 11.6 Å². The highest BCUT2D eigenvalue weighted by molar-refractivity contribution is 6.04. The molecule has 1 atom stereocenters. The number of nitrogens with one attached hydrogen (secondary N) is 4. The molecule has 11 nitrogen and oxygen atoms in total. The number of benzene rings is 2. The lowest BCUT2D eigenvalue weighted by molar-refractivity contribution is -0.123. The molecule has 180 valence electrons. The zero-order valence-electron chi connectivity index (χ0n) is 19.0. The van der Waals surface area contributed by atoms with Gasteiger partial charge in [0.15, 0.2) is 0 Å². The molecule has 0 unspecified atom stereocenters. The summed E-state index contributed by atoms with van der Waals surface area (Å²) in [5.74, 6) is -1.72. The minimum Gasteiger partial charge on any atom is -0.497 e. The van der Waals surface area contributed by atoms with E-state index in [2.05, 4.69) is 25.9 Å². The monoisotopic (exact) mass is 477 g/mol. The van der Waals surface area contributed by atoms with E-state index in [-0.39, 0.29) is 30.4 Å². The minimum atomic E-state index is -1.05. The van der Waals surface area contributed by atoms with Gasteiger partial charge in [0, 0.05) is 17.8 Å². The van der Waals surface area contributed by atoms with Crippen molar-refractivity contribution >= 4 is 40.9 Å². The standard InChI is InChI=1S/C24H23N5O6/c1-3-35-23(33)13-4-6-14(7-5-13)25-21(31)17-12-18(30)27-20-19(17)22(32)29-24(28-20)26-15-8-10-16(34-2)11-9-15/h4-11,17H,3,12H2,1-2H3,(H,25,31)(H3,26,27,28,29,30,32)/t17-/m0/s1. The Kier molecular flexibility index (Phi) is 6.76. The molecule has 0 saturated carbocycles. The van der Waals surface area contributed by atoms with Gasteiger partial charge in [0.25, 0.3) is 5.56 Å². The summed E-state index contributed by atoms with van der Waals surface area (Å²) in [6.45, 7) is 1.96. The molecule has 3 aromatic rings. The van der Waals surface area contributed by atoms with Crippen molar-refractivity contribution in [1.82, 2.24) is 9.97 Å². The van der Waals surface area contributed by atoms with Crippen LogP contribution >= 0.6 is 0 Å². The number of nitrogens with zero attached hydrogens (tertiary/aromatic N) is 1. The number of methoxy groups -OCH3 is 1. The van der Waals surface area contributed by atoms with Crippen molar-refractivity contribution in [3.63, 3.8) is 0 Å². The van der Waals surface area contributed by atoms with Crippen LogP contribution in [-0.2, 0) is 14.3 Å². The van der Waals surface area contributed by atoms with E-state index < -0.39 is 29.3 Å². The first-order valence-corrected chi connectivity index (χ1v) is 10.8. The molecule has 4 N–H and O–H groups in total. The number of hydrogen-bond acceptors (Lipinski definition) is 8. The van der Waals surface area contributed by atoms with Crippen molar-refractivity contribution in [3.8, 4) is 5.75 Å². The highest BCUT2D eigenvalue weighted by atomic mass is 16.5. The zero-order valence-corrected chi connectivity index (χ0v) is 19.0. The third kappa shape index (κ3) is 5.29. The smallest absolute Gasteiger partial charge is 0.338 e. The maximum atomic E-state index is 13.0. The van der Waals surface area contributed by atoms with Crippen LogP contribution in [0.3, 0.4) is 0 Å². The summed E-state index contributed by atoms with van der Waals surface area (Å²) in [6.07, 6.45) is -0.213. The molecule has 0 bridgehead atoms. The van der Waals surface area contributed by atoms with Gasteiger partial charge in [0.05, 0.1) is 30.8 Å². The summed E-state index contributed by atoms with van der Waals surface area (Å²) < 4.78 is 10.1. The van der Waals surface area contributed by atoms with Gasteiger partial charge in [0.2, 0.25) is 17.8 Å². The van der Waals surface area contributed by atoms with Gasteiger partial charge in [-0.15, -0.1) is 0 Å². The molecule has 0 fully saturated rings. The summed E-state index contributed by atoms with van der Waals surface area (Å²) in [4.78, 5) is 56.9. The Balaban J connectivity index is 1.54. The minimum absolute atomic E-state index is 0.0128. The van der Waals surface area contributed by atoms with Crippen LogP contribution in [0.2, 0.25) is 0 Å². The van der Waals surface area contributed by atoms with Crippen molar-refractivity contribution in [2.45, 2.75) is 19.3 Å². The molecule has 2 amide bonds. The van der Waals surface area contributed by atoms with E-state index in [1.165, 1.54) is 24.3 Å². The maximum absolute atomic E-state index is 13.0. The number of anilines is 4. The summed E-state index contributed by atoms with van der Waals surface area (Å²) in [5.41, 5.74) is 0.883. The fraction of sp³-hybridized carbons (Fsp3) is 0.208. The molecule has 0 aliphatic carbocycles. The number of aromatic nitrogens is 2. The second-order valence-corrected chi connectivity index (χ2v) is 7.62. The number of aromatic amines is 1. The molecule has 0 radical (unpaired) electrons. The van der Waals surface area contributed by atoms with E-state index in [9.17, 15) is 19.2 Å². The van der Waals surface area contributed by atoms with Crippen LogP contribution < -0.4 is 26.2 Å². The molecule has 1 aliphatic rings. The van der Waals surface area contributed by atoms with Crippen LogP contribution in [0.5, 0.6) is 5.75 Å². The highest BCUT2D eigenvalue weighted by Crippen LogP contribution is 2.30. The number of carbonyl (C=O) groups excluding carboxylic acids is 3. The molecule has 2 aromatic carbocycles. The SMILES string of the molecule is CCOC(=O)c1ccc(NC(=O)[C@H]2CC(=O)Nc3nc(Nc4ccc(OC)cc4)[nH]c(=O)c32)cc1. The van der Waals surface area contributed by atoms with Gasteiger partial charge in [-0.3, -0.25) is 19.4 Å². The number of amides is 2. The molecule has 11 heteroatoms. The first kappa shape index (κ1) is 23.5. The number of esters is 1. The molecular weight excluding hydrogens is 454 g/mol. The Morgan fingerprint density at radius 3 is 2.40 bits per heavy atom. The van der Waals surface area contributed by atoms with Crippen molar-refractivity contribution < 1.29 is 23.9 Å². The number of hydrogen-bond donors (Lipinski definition) is 4. The second-order valence-electron chi connectivity index (χ2n) is 7.62. The first-order chi connectivity index (χ1) is 16.9. The average Bonchev–Trinajstić information content (AvgIpc) is 2.84. The molecule has 4 rings (SSSR count). The lowest BCUT2D eigenvalue weighted by Gasteiger charge is -2.23. The molecule has 0 saturated heterocycles. The van der Waals surface area contributed by atoms with E-state index in [4.69, 9.17) is 9.47 Å². The van der Waals surface area contributed by atoms with Crippen LogP contribution in [0.4, 0.5) is 23.1 Å². The molecule has 0 spiro atoms. The van der Waals surface area contributed by atoms with Crippen LogP contribution in [0, 0.1) is 0 Å².